The first kappa shape index (κ1) is 26.7. The zero-order chi connectivity index (χ0) is 28.2. The number of piperidine rings is 1. The topological polar surface area (TPSA) is 60.4 Å². The number of imidazole rings is 1. The fourth-order valence-electron chi connectivity index (χ4n) is 6.33. The van der Waals surface area contributed by atoms with Gasteiger partial charge in [-0.3, -0.25) is 13.9 Å². The Morgan fingerprint density at radius 2 is 1.88 bits per heavy atom. The van der Waals surface area contributed by atoms with E-state index in [1.807, 2.05) is 7.05 Å². The zero-order valence-electron chi connectivity index (χ0n) is 22.5. The zero-order valence-corrected chi connectivity index (χ0v) is 22.5. The van der Waals surface area contributed by atoms with Crippen molar-refractivity contribution < 1.29 is 17.6 Å². The van der Waals surface area contributed by atoms with Gasteiger partial charge in [-0.1, -0.05) is 13.3 Å². The summed E-state index contributed by atoms with van der Waals surface area (Å²) in [5, 5.41) is 8.26. The van der Waals surface area contributed by atoms with E-state index in [4.69, 9.17) is 0 Å². The number of aromatic nitrogens is 5. The summed E-state index contributed by atoms with van der Waals surface area (Å²) < 4.78 is 61.7. The van der Waals surface area contributed by atoms with Crippen molar-refractivity contribution in [3.8, 4) is 5.69 Å². The quantitative estimate of drug-likeness (QED) is 0.293. The van der Waals surface area contributed by atoms with E-state index in [2.05, 4.69) is 22.0 Å². The maximum atomic E-state index is 15.1. The van der Waals surface area contributed by atoms with Crippen molar-refractivity contribution in [2.45, 2.75) is 57.7 Å². The van der Waals surface area contributed by atoms with Crippen LogP contribution in [0.1, 0.15) is 67.5 Å². The molecule has 4 heterocycles. The Balaban J connectivity index is 1.45. The standard InChI is InChI=1S/C29H32F4N6O/c1-18-5-4-8-37(13-18)14-19-9-24(29(31,32)33)25-16-38(28(40)39(25)15-19)23-11-21(10-22(30)12-23)26(20-6-3-7-20)27-35-34-17-36(27)2/h9-12,15-18,20,26H,3-8,13-14H2,1-2H3/t18-,26-/m0/s1. The monoisotopic (exact) mass is 556 g/mol. The highest BCUT2D eigenvalue weighted by Gasteiger charge is 2.36. The summed E-state index contributed by atoms with van der Waals surface area (Å²) in [5.74, 6) is 0.576. The Morgan fingerprint density at radius 1 is 1.07 bits per heavy atom. The molecule has 1 saturated carbocycles. The Labute approximate surface area is 229 Å². The van der Waals surface area contributed by atoms with Crippen molar-refractivity contribution in [3.05, 3.63) is 81.8 Å². The summed E-state index contributed by atoms with van der Waals surface area (Å²) in [6, 6.07) is 5.42. The molecule has 6 rings (SSSR count). The van der Waals surface area contributed by atoms with E-state index in [0.717, 1.165) is 66.4 Å². The molecule has 1 aromatic carbocycles. The summed E-state index contributed by atoms with van der Waals surface area (Å²) in [4.78, 5) is 15.7. The van der Waals surface area contributed by atoms with Crippen LogP contribution in [-0.4, -0.2) is 41.7 Å². The second-order valence-corrected chi connectivity index (χ2v) is 11.5. The number of alkyl halides is 3. The second-order valence-electron chi connectivity index (χ2n) is 11.5. The van der Waals surface area contributed by atoms with Gasteiger partial charge in [0.25, 0.3) is 0 Å². The van der Waals surface area contributed by atoms with E-state index in [9.17, 15) is 18.0 Å². The van der Waals surface area contributed by atoms with Gasteiger partial charge in [0, 0.05) is 38.4 Å². The van der Waals surface area contributed by atoms with Crippen LogP contribution in [-0.2, 0) is 19.8 Å². The maximum Gasteiger partial charge on any atom is 0.418 e. The van der Waals surface area contributed by atoms with Gasteiger partial charge in [-0.05, 0) is 79.5 Å². The first-order chi connectivity index (χ1) is 19.1. The molecule has 40 heavy (non-hydrogen) atoms. The molecule has 7 nitrogen and oxygen atoms in total. The van der Waals surface area contributed by atoms with E-state index >= 15 is 4.39 Å². The third-order valence-electron chi connectivity index (χ3n) is 8.46. The van der Waals surface area contributed by atoms with Gasteiger partial charge in [0.05, 0.1) is 16.8 Å². The number of hydrogen-bond donors (Lipinski definition) is 0. The van der Waals surface area contributed by atoms with Gasteiger partial charge >= 0.3 is 11.9 Å². The number of benzene rings is 1. The number of hydrogen-bond acceptors (Lipinski definition) is 4. The average molecular weight is 557 g/mol. The largest absolute Gasteiger partial charge is 0.418 e. The summed E-state index contributed by atoms with van der Waals surface area (Å²) in [7, 11) is 1.83. The van der Waals surface area contributed by atoms with Crippen LogP contribution in [0, 0.1) is 17.7 Å². The van der Waals surface area contributed by atoms with Crippen LogP contribution in [0.3, 0.4) is 0 Å². The lowest BCUT2D eigenvalue weighted by Crippen LogP contribution is -2.34. The smallest absolute Gasteiger partial charge is 0.320 e. The minimum absolute atomic E-state index is 0.176. The molecule has 1 saturated heterocycles. The predicted octanol–water partition coefficient (Wildman–Crippen LogP) is 5.54. The number of likely N-dealkylation sites (tertiary alicyclic amines) is 1. The SMILES string of the molecule is C[C@H]1CCCN(Cc2cc(C(F)(F)F)c3cn(-c4cc(F)cc([C@@H](c5nncn5C)C5CCC5)c4)c(=O)n3c2)C1. The highest BCUT2D eigenvalue weighted by molar-refractivity contribution is 5.58. The normalized spacial score (nSPS) is 19.7. The van der Waals surface area contributed by atoms with Gasteiger partial charge in [0.15, 0.2) is 0 Å². The molecule has 2 aliphatic rings. The van der Waals surface area contributed by atoms with Gasteiger partial charge in [-0.2, -0.15) is 13.2 Å². The van der Waals surface area contributed by atoms with Gasteiger partial charge in [0.2, 0.25) is 0 Å². The molecule has 1 aliphatic heterocycles. The third kappa shape index (κ3) is 4.95. The predicted molar refractivity (Wildman–Crippen MR) is 142 cm³/mol. The number of nitrogens with zero attached hydrogens (tertiary/aromatic N) is 6. The van der Waals surface area contributed by atoms with Gasteiger partial charge in [0.1, 0.15) is 18.0 Å². The first-order valence-electron chi connectivity index (χ1n) is 13.8. The van der Waals surface area contributed by atoms with E-state index in [-0.39, 0.29) is 23.0 Å². The summed E-state index contributed by atoms with van der Waals surface area (Å²) >= 11 is 0. The summed E-state index contributed by atoms with van der Waals surface area (Å²) in [6.45, 7) is 4.06. The van der Waals surface area contributed by atoms with Crippen molar-refractivity contribution in [2.24, 2.45) is 18.9 Å². The average Bonchev–Trinajstić information content (AvgIpc) is 3.42. The highest BCUT2D eigenvalue weighted by atomic mass is 19.4. The summed E-state index contributed by atoms with van der Waals surface area (Å²) in [6.07, 6.45) is 4.63. The Hall–Kier alpha value is -3.47. The fourth-order valence-corrected chi connectivity index (χ4v) is 6.33. The molecule has 0 unspecified atom stereocenters. The van der Waals surface area contributed by atoms with E-state index in [1.165, 1.54) is 18.3 Å². The molecule has 212 valence electrons. The molecular formula is C29H32F4N6O. The lowest BCUT2D eigenvalue weighted by molar-refractivity contribution is -0.136. The minimum atomic E-state index is -4.66. The molecule has 0 bridgehead atoms. The van der Waals surface area contributed by atoms with Crippen molar-refractivity contribution in [2.75, 3.05) is 13.1 Å². The van der Waals surface area contributed by atoms with Crippen molar-refractivity contribution in [3.63, 3.8) is 0 Å². The Kier molecular flexibility index (Phi) is 6.80. The van der Waals surface area contributed by atoms with Crippen molar-refractivity contribution in [1.29, 1.82) is 0 Å². The molecule has 2 fully saturated rings. The van der Waals surface area contributed by atoms with Crippen LogP contribution in [0.2, 0.25) is 0 Å². The number of rotatable bonds is 6. The maximum absolute atomic E-state index is 15.1. The van der Waals surface area contributed by atoms with Crippen LogP contribution in [0.5, 0.6) is 0 Å². The van der Waals surface area contributed by atoms with Crippen LogP contribution in [0.15, 0.2) is 47.8 Å². The highest BCUT2D eigenvalue weighted by Crippen LogP contribution is 2.43. The van der Waals surface area contributed by atoms with Crippen LogP contribution >= 0.6 is 0 Å². The van der Waals surface area contributed by atoms with Crippen molar-refractivity contribution in [1.82, 2.24) is 28.6 Å². The lowest BCUT2D eigenvalue weighted by atomic mass is 9.72. The number of fused-ring (bicyclic) bond motifs is 1. The van der Waals surface area contributed by atoms with E-state index < -0.39 is 23.2 Å². The molecule has 0 N–H and O–H groups in total. The third-order valence-corrected chi connectivity index (χ3v) is 8.46. The molecule has 0 radical (unpaired) electrons. The van der Waals surface area contributed by atoms with E-state index in [0.29, 0.717) is 29.4 Å². The Bertz CT molecular complexity index is 1600. The number of aryl methyl sites for hydroxylation is 1. The van der Waals surface area contributed by atoms with Crippen molar-refractivity contribution >= 4 is 5.52 Å². The van der Waals surface area contributed by atoms with Crippen LogP contribution in [0.25, 0.3) is 11.2 Å². The molecule has 4 aromatic rings. The molecule has 11 heteroatoms. The number of pyridine rings is 1. The fraction of sp³-hybridized carbons (Fsp3) is 0.483. The summed E-state index contributed by atoms with van der Waals surface area (Å²) in [5.41, 5.74) is -0.605. The van der Waals surface area contributed by atoms with E-state index in [1.54, 1.807) is 17.0 Å². The molecule has 3 aromatic heterocycles. The van der Waals surface area contributed by atoms with Gasteiger partial charge < -0.3 is 4.57 Å². The van der Waals surface area contributed by atoms with Crippen LogP contribution < -0.4 is 5.69 Å². The second kappa shape index (κ2) is 10.2. The van der Waals surface area contributed by atoms with Gasteiger partial charge in [-0.25, -0.2) is 9.18 Å². The van der Waals surface area contributed by atoms with Gasteiger partial charge in [-0.15, -0.1) is 10.2 Å². The lowest BCUT2D eigenvalue weighted by Gasteiger charge is -2.33. The molecule has 0 spiro atoms. The first-order valence-corrected chi connectivity index (χ1v) is 13.8. The molecular weight excluding hydrogens is 524 g/mol. The number of halogens is 4. The van der Waals surface area contributed by atoms with Crippen LogP contribution in [0.4, 0.5) is 17.6 Å². The minimum Gasteiger partial charge on any atom is -0.320 e. The molecule has 1 aliphatic carbocycles. The Morgan fingerprint density at radius 3 is 2.52 bits per heavy atom. The molecule has 0 amide bonds. The molecule has 2 atom stereocenters.